The van der Waals surface area contributed by atoms with Crippen molar-refractivity contribution < 1.29 is 19.4 Å². The second-order valence-electron chi connectivity index (χ2n) is 5.08. The summed E-state index contributed by atoms with van der Waals surface area (Å²) in [5.41, 5.74) is 0.448. The molecule has 0 saturated heterocycles. The summed E-state index contributed by atoms with van der Waals surface area (Å²) in [4.78, 5) is 12.2. The molecule has 0 unspecified atom stereocenters. The van der Waals surface area contributed by atoms with Crippen LogP contribution in [0.15, 0.2) is 18.2 Å². The number of carbonyl (C=O) groups is 1. The van der Waals surface area contributed by atoms with Gasteiger partial charge in [-0.3, -0.25) is 4.79 Å². The van der Waals surface area contributed by atoms with Crippen molar-refractivity contribution in [3.63, 3.8) is 0 Å². The summed E-state index contributed by atoms with van der Waals surface area (Å²) < 4.78 is 10.3. The molecule has 1 amide bonds. The average molecular weight is 281 g/mol. The molecule has 5 heteroatoms. The van der Waals surface area contributed by atoms with Crippen molar-refractivity contribution in [1.82, 2.24) is 5.32 Å². The Balaban J connectivity index is 2.85. The summed E-state index contributed by atoms with van der Waals surface area (Å²) in [5, 5.41) is 12.1. The third-order valence-electron chi connectivity index (χ3n) is 2.93. The summed E-state index contributed by atoms with van der Waals surface area (Å²) in [6, 6.07) is 4.73. The smallest absolute Gasteiger partial charge is 0.251 e. The predicted octanol–water partition coefficient (Wildman–Crippen LogP) is 1.84. The SMILES string of the molecule is COc1cc(OC)cc(C(=O)N[C@H](CO)CC(C)C)c1. The molecule has 1 aromatic rings. The van der Waals surface area contributed by atoms with Crippen molar-refractivity contribution in [3.05, 3.63) is 23.8 Å². The maximum Gasteiger partial charge on any atom is 0.251 e. The van der Waals surface area contributed by atoms with Crippen molar-refractivity contribution in [3.8, 4) is 11.5 Å². The van der Waals surface area contributed by atoms with E-state index in [1.165, 1.54) is 14.2 Å². The first kappa shape index (κ1) is 16.3. The predicted molar refractivity (Wildman–Crippen MR) is 77.3 cm³/mol. The van der Waals surface area contributed by atoms with Gasteiger partial charge in [-0.2, -0.15) is 0 Å². The van der Waals surface area contributed by atoms with Crippen molar-refractivity contribution in [2.24, 2.45) is 5.92 Å². The van der Waals surface area contributed by atoms with Crippen LogP contribution in [-0.4, -0.2) is 37.9 Å². The molecular weight excluding hydrogens is 258 g/mol. The van der Waals surface area contributed by atoms with Crippen LogP contribution in [0.4, 0.5) is 0 Å². The minimum atomic E-state index is -0.250. The Labute approximate surface area is 119 Å². The monoisotopic (exact) mass is 281 g/mol. The second-order valence-corrected chi connectivity index (χ2v) is 5.08. The van der Waals surface area contributed by atoms with Crippen LogP contribution in [0.25, 0.3) is 0 Å². The van der Waals surface area contributed by atoms with E-state index < -0.39 is 0 Å². The van der Waals surface area contributed by atoms with Crippen LogP contribution >= 0.6 is 0 Å². The fourth-order valence-electron chi connectivity index (χ4n) is 1.96. The van der Waals surface area contributed by atoms with E-state index in [4.69, 9.17) is 9.47 Å². The molecule has 5 nitrogen and oxygen atoms in total. The van der Waals surface area contributed by atoms with E-state index in [-0.39, 0.29) is 18.6 Å². The molecular formula is C15H23NO4. The number of carbonyl (C=O) groups excluding carboxylic acids is 1. The molecule has 0 radical (unpaired) electrons. The van der Waals surface area contributed by atoms with Crippen LogP contribution in [-0.2, 0) is 0 Å². The third kappa shape index (κ3) is 4.74. The number of aliphatic hydroxyl groups is 1. The van der Waals surface area contributed by atoms with E-state index in [2.05, 4.69) is 5.32 Å². The van der Waals surface area contributed by atoms with Gasteiger partial charge in [0, 0.05) is 11.6 Å². The Kier molecular flexibility index (Phi) is 6.31. The first-order valence-electron chi connectivity index (χ1n) is 6.65. The van der Waals surface area contributed by atoms with Gasteiger partial charge in [-0.25, -0.2) is 0 Å². The van der Waals surface area contributed by atoms with Crippen LogP contribution in [0.2, 0.25) is 0 Å². The Morgan fingerprint density at radius 1 is 1.20 bits per heavy atom. The van der Waals surface area contributed by atoms with Crippen LogP contribution in [0, 0.1) is 5.92 Å². The molecule has 112 valence electrons. The number of amides is 1. The Bertz CT molecular complexity index is 423. The minimum Gasteiger partial charge on any atom is -0.497 e. The molecule has 0 aromatic heterocycles. The Morgan fingerprint density at radius 3 is 2.15 bits per heavy atom. The van der Waals surface area contributed by atoms with E-state index in [1.807, 2.05) is 13.8 Å². The normalized spacial score (nSPS) is 12.1. The zero-order chi connectivity index (χ0) is 15.1. The van der Waals surface area contributed by atoms with E-state index in [9.17, 15) is 9.90 Å². The highest BCUT2D eigenvalue weighted by Gasteiger charge is 2.16. The van der Waals surface area contributed by atoms with Gasteiger partial charge < -0.3 is 19.9 Å². The molecule has 20 heavy (non-hydrogen) atoms. The highest BCUT2D eigenvalue weighted by atomic mass is 16.5. The zero-order valence-corrected chi connectivity index (χ0v) is 12.5. The average Bonchev–Trinajstić information content (AvgIpc) is 2.45. The quantitative estimate of drug-likeness (QED) is 0.800. The summed E-state index contributed by atoms with van der Waals surface area (Å²) >= 11 is 0. The largest absolute Gasteiger partial charge is 0.497 e. The first-order valence-corrected chi connectivity index (χ1v) is 6.65. The van der Waals surface area contributed by atoms with Crippen LogP contribution in [0.3, 0.4) is 0 Å². The molecule has 0 bridgehead atoms. The number of nitrogens with one attached hydrogen (secondary N) is 1. The number of hydrogen-bond acceptors (Lipinski definition) is 4. The Hall–Kier alpha value is -1.75. The second kappa shape index (κ2) is 7.75. The molecule has 1 aromatic carbocycles. The minimum absolute atomic E-state index is 0.0783. The van der Waals surface area contributed by atoms with E-state index in [0.717, 1.165) is 6.42 Å². The number of benzene rings is 1. The molecule has 0 aliphatic rings. The third-order valence-corrected chi connectivity index (χ3v) is 2.93. The van der Waals surface area contributed by atoms with Gasteiger partial charge >= 0.3 is 0 Å². The van der Waals surface area contributed by atoms with Gasteiger partial charge in [-0.1, -0.05) is 13.8 Å². The number of methoxy groups -OCH3 is 2. The zero-order valence-electron chi connectivity index (χ0n) is 12.5. The maximum absolute atomic E-state index is 12.2. The highest BCUT2D eigenvalue weighted by molar-refractivity contribution is 5.95. The van der Waals surface area contributed by atoms with Gasteiger partial charge in [0.1, 0.15) is 11.5 Å². The van der Waals surface area contributed by atoms with E-state index in [1.54, 1.807) is 18.2 Å². The molecule has 0 fully saturated rings. The van der Waals surface area contributed by atoms with Crippen molar-refractivity contribution in [2.45, 2.75) is 26.3 Å². The lowest BCUT2D eigenvalue weighted by Gasteiger charge is -2.18. The fourth-order valence-corrected chi connectivity index (χ4v) is 1.96. The van der Waals surface area contributed by atoms with Crippen molar-refractivity contribution in [2.75, 3.05) is 20.8 Å². The maximum atomic E-state index is 12.2. The van der Waals surface area contributed by atoms with E-state index >= 15 is 0 Å². The molecule has 1 rings (SSSR count). The highest BCUT2D eigenvalue weighted by Crippen LogP contribution is 2.22. The molecule has 0 aliphatic carbocycles. The lowest BCUT2D eigenvalue weighted by molar-refractivity contribution is 0.0907. The van der Waals surface area contributed by atoms with Gasteiger partial charge in [-0.15, -0.1) is 0 Å². The van der Waals surface area contributed by atoms with Crippen LogP contribution in [0.1, 0.15) is 30.6 Å². The first-order chi connectivity index (χ1) is 9.49. The number of rotatable bonds is 7. The lowest BCUT2D eigenvalue weighted by atomic mass is 10.0. The molecule has 1 atom stereocenters. The van der Waals surface area contributed by atoms with Gasteiger partial charge in [0.25, 0.3) is 5.91 Å². The molecule has 0 saturated carbocycles. The summed E-state index contributed by atoms with van der Waals surface area (Å²) in [6.45, 7) is 4.01. The number of ether oxygens (including phenoxy) is 2. The molecule has 0 heterocycles. The number of aliphatic hydroxyl groups excluding tert-OH is 1. The standard InChI is InChI=1S/C15H23NO4/c1-10(2)5-12(9-17)16-15(18)11-6-13(19-3)8-14(7-11)20-4/h6-8,10,12,17H,5,9H2,1-4H3,(H,16,18)/t12-/m0/s1. The summed E-state index contributed by atoms with van der Waals surface area (Å²) in [5.74, 6) is 1.26. The van der Waals surface area contributed by atoms with Crippen LogP contribution in [0.5, 0.6) is 11.5 Å². The van der Waals surface area contributed by atoms with Gasteiger partial charge in [-0.05, 0) is 24.5 Å². The van der Waals surface area contributed by atoms with Crippen molar-refractivity contribution in [1.29, 1.82) is 0 Å². The van der Waals surface area contributed by atoms with E-state index in [0.29, 0.717) is 23.0 Å². The molecule has 0 spiro atoms. The van der Waals surface area contributed by atoms with Gasteiger partial charge in [0.2, 0.25) is 0 Å². The van der Waals surface area contributed by atoms with Crippen LogP contribution < -0.4 is 14.8 Å². The summed E-state index contributed by atoms with van der Waals surface area (Å²) in [7, 11) is 3.07. The lowest BCUT2D eigenvalue weighted by Crippen LogP contribution is -2.38. The van der Waals surface area contributed by atoms with Gasteiger partial charge in [0.15, 0.2) is 0 Å². The van der Waals surface area contributed by atoms with Crippen molar-refractivity contribution >= 4 is 5.91 Å². The molecule has 2 N–H and O–H groups in total. The summed E-state index contributed by atoms with van der Waals surface area (Å²) in [6.07, 6.45) is 0.726. The van der Waals surface area contributed by atoms with Gasteiger partial charge in [0.05, 0.1) is 26.9 Å². The topological polar surface area (TPSA) is 67.8 Å². The fraction of sp³-hybridized carbons (Fsp3) is 0.533. The molecule has 0 aliphatic heterocycles. The number of hydrogen-bond donors (Lipinski definition) is 2. The Morgan fingerprint density at radius 2 is 1.75 bits per heavy atom.